The number of carbonyl (C=O) groups is 1. The molecule has 4 nitrogen and oxygen atoms in total. The lowest BCUT2D eigenvalue weighted by atomic mass is 9.63. The first-order valence-corrected chi connectivity index (χ1v) is 9.01. The molecule has 3 aliphatic heterocycles. The van der Waals surface area contributed by atoms with Crippen LogP contribution in [0.4, 0.5) is 0 Å². The third-order valence-corrected chi connectivity index (χ3v) is 6.73. The SMILES string of the molecule is CC[C@]12CC[C@@H](C#N)N3CCc4c(n(c5ccccc45)C(=O)C1)[C@@H]32. The van der Waals surface area contributed by atoms with Crippen molar-refractivity contribution >= 4 is 16.8 Å². The summed E-state index contributed by atoms with van der Waals surface area (Å²) in [5.41, 5.74) is 3.60. The third-order valence-electron chi connectivity index (χ3n) is 6.73. The van der Waals surface area contributed by atoms with Gasteiger partial charge in [0.1, 0.15) is 0 Å². The minimum atomic E-state index is -0.0116. The Labute approximate surface area is 141 Å². The Hall–Kier alpha value is -2.12. The van der Waals surface area contributed by atoms with Crippen molar-refractivity contribution in [3.8, 4) is 6.07 Å². The van der Waals surface area contributed by atoms with Gasteiger partial charge < -0.3 is 0 Å². The lowest BCUT2D eigenvalue weighted by Crippen LogP contribution is -2.56. The molecule has 3 aliphatic rings. The molecular formula is C20H21N3O. The summed E-state index contributed by atoms with van der Waals surface area (Å²) < 4.78 is 1.98. The largest absolute Gasteiger partial charge is 0.282 e. The Morgan fingerprint density at radius 3 is 3.00 bits per heavy atom. The van der Waals surface area contributed by atoms with E-state index in [1.165, 1.54) is 16.6 Å². The predicted molar refractivity (Wildman–Crippen MR) is 91.7 cm³/mol. The van der Waals surface area contributed by atoms with E-state index in [0.29, 0.717) is 6.42 Å². The summed E-state index contributed by atoms with van der Waals surface area (Å²) in [6.07, 6.45) is 4.41. The number of nitrogens with zero attached hydrogens (tertiary/aromatic N) is 3. The molecular weight excluding hydrogens is 298 g/mol. The number of benzene rings is 1. The second kappa shape index (κ2) is 4.70. The first kappa shape index (κ1) is 14.2. The Morgan fingerprint density at radius 2 is 2.21 bits per heavy atom. The van der Waals surface area contributed by atoms with Gasteiger partial charge in [-0.15, -0.1) is 0 Å². The highest BCUT2D eigenvalue weighted by atomic mass is 16.2. The van der Waals surface area contributed by atoms with Crippen LogP contribution in [0.3, 0.4) is 0 Å². The van der Waals surface area contributed by atoms with Gasteiger partial charge in [-0.25, -0.2) is 0 Å². The molecule has 0 spiro atoms. The molecule has 1 saturated heterocycles. The van der Waals surface area contributed by atoms with E-state index in [1.54, 1.807) is 0 Å². The number of para-hydroxylation sites is 1. The Bertz CT molecular complexity index is 905. The lowest BCUT2D eigenvalue weighted by molar-refractivity contribution is -0.0350. The molecule has 3 atom stereocenters. The number of hydrogen-bond donors (Lipinski definition) is 0. The maximum atomic E-state index is 13.1. The molecule has 1 aromatic heterocycles. The second-order valence-electron chi connectivity index (χ2n) is 7.58. The average molecular weight is 319 g/mol. The molecule has 4 heterocycles. The maximum Gasteiger partial charge on any atom is 0.231 e. The average Bonchev–Trinajstić information content (AvgIpc) is 2.96. The maximum absolute atomic E-state index is 13.1. The minimum absolute atomic E-state index is 0.00395. The van der Waals surface area contributed by atoms with Crippen LogP contribution in [0.5, 0.6) is 0 Å². The van der Waals surface area contributed by atoms with Crippen molar-refractivity contribution in [1.82, 2.24) is 9.47 Å². The van der Waals surface area contributed by atoms with Gasteiger partial charge in [-0.3, -0.25) is 14.3 Å². The zero-order valence-electron chi connectivity index (χ0n) is 14.0. The van der Waals surface area contributed by atoms with Crippen LogP contribution in [-0.4, -0.2) is 28.0 Å². The van der Waals surface area contributed by atoms with Gasteiger partial charge in [0, 0.05) is 29.5 Å². The molecule has 4 heteroatoms. The fourth-order valence-electron chi connectivity index (χ4n) is 5.58. The molecule has 0 aliphatic carbocycles. The molecule has 5 rings (SSSR count). The monoisotopic (exact) mass is 319 g/mol. The van der Waals surface area contributed by atoms with E-state index in [4.69, 9.17) is 0 Å². The van der Waals surface area contributed by atoms with Gasteiger partial charge in [0.15, 0.2) is 0 Å². The van der Waals surface area contributed by atoms with E-state index in [1.807, 2.05) is 10.6 Å². The highest BCUT2D eigenvalue weighted by Gasteiger charge is 2.55. The van der Waals surface area contributed by atoms with E-state index < -0.39 is 0 Å². The number of rotatable bonds is 1. The van der Waals surface area contributed by atoms with Crippen LogP contribution < -0.4 is 0 Å². The fourth-order valence-corrected chi connectivity index (χ4v) is 5.58. The predicted octanol–water partition coefficient (Wildman–Crippen LogP) is 3.67. The number of piperidine rings is 1. The third kappa shape index (κ3) is 1.54. The molecule has 0 N–H and O–H groups in total. The molecule has 0 unspecified atom stereocenters. The van der Waals surface area contributed by atoms with Gasteiger partial charge >= 0.3 is 0 Å². The van der Waals surface area contributed by atoms with E-state index in [9.17, 15) is 10.1 Å². The topological polar surface area (TPSA) is 49.0 Å². The standard InChI is InChI=1S/C20H21N3O/c1-2-20-9-7-13(12-21)22-10-8-15-14-5-3-4-6-16(14)23(17(24)11-20)18(15)19(20)22/h3-6,13,19H,2,7-11H2,1H3/t13-,19+,20-/m0/s1. The van der Waals surface area contributed by atoms with Crippen molar-refractivity contribution in [2.45, 2.75) is 51.1 Å². The van der Waals surface area contributed by atoms with Crippen molar-refractivity contribution in [3.63, 3.8) is 0 Å². The van der Waals surface area contributed by atoms with Gasteiger partial charge in [0.25, 0.3) is 0 Å². The molecule has 1 aromatic carbocycles. The van der Waals surface area contributed by atoms with Gasteiger partial charge in [-0.1, -0.05) is 25.1 Å². The van der Waals surface area contributed by atoms with Gasteiger partial charge in [-0.05, 0) is 37.3 Å². The quantitative estimate of drug-likeness (QED) is 0.806. The van der Waals surface area contributed by atoms with Crippen LogP contribution in [0.1, 0.15) is 54.7 Å². The molecule has 0 bridgehead atoms. The number of aromatic nitrogens is 1. The van der Waals surface area contributed by atoms with Gasteiger partial charge in [-0.2, -0.15) is 5.26 Å². The molecule has 0 saturated carbocycles. The normalized spacial score (nSPS) is 31.8. The Kier molecular flexibility index (Phi) is 2.79. The van der Waals surface area contributed by atoms with Crippen molar-refractivity contribution in [2.24, 2.45) is 5.41 Å². The smallest absolute Gasteiger partial charge is 0.231 e. The van der Waals surface area contributed by atoms with Crippen LogP contribution in [0.15, 0.2) is 24.3 Å². The first-order chi connectivity index (χ1) is 11.7. The Morgan fingerprint density at radius 1 is 1.38 bits per heavy atom. The van der Waals surface area contributed by atoms with E-state index in [2.05, 4.69) is 36.1 Å². The summed E-state index contributed by atoms with van der Waals surface area (Å²) in [5, 5.41) is 10.9. The van der Waals surface area contributed by atoms with E-state index in [-0.39, 0.29) is 23.4 Å². The van der Waals surface area contributed by atoms with Crippen LogP contribution in [0.25, 0.3) is 10.9 Å². The number of fused-ring (bicyclic) bond motifs is 3. The Balaban J connectivity index is 1.85. The fraction of sp³-hybridized carbons (Fsp3) is 0.500. The van der Waals surface area contributed by atoms with Gasteiger partial charge in [0.2, 0.25) is 5.91 Å². The lowest BCUT2D eigenvalue weighted by Gasteiger charge is -2.55. The van der Waals surface area contributed by atoms with Crippen LogP contribution in [-0.2, 0) is 6.42 Å². The highest BCUT2D eigenvalue weighted by molar-refractivity contribution is 5.97. The summed E-state index contributed by atoms with van der Waals surface area (Å²) in [6.45, 7) is 3.14. The second-order valence-corrected chi connectivity index (χ2v) is 7.58. The minimum Gasteiger partial charge on any atom is -0.282 e. The highest BCUT2D eigenvalue weighted by Crippen LogP contribution is 2.58. The molecule has 0 radical (unpaired) electrons. The molecule has 122 valence electrons. The summed E-state index contributed by atoms with van der Waals surface area (Å²) in [5.74, 6) is 0.239. The van der Waals surface area contributed by atoms with Crippen LogP contribution in [0.2, 0.25) is 0 Å². The zero-order valence-corrected chi connectivity index (χ0v) is 14.0. The molecule has 1 fully saturated rings. The van der Waals surface area contributed by atoms with Crippen molar-refractivity contribution in [1.29, 1.82) is 5.26 Å². The van der Waals surface area contributed by atoms with E-state index in [0.717, 1.165) is 37.7 Å². The number of carbonyl (C=O) groups excluding carboxylic acids is 1. The summed E-state index contributed by atoms with van der Waals surface area (Å²) in [4.78, 5) is 15.5. The number of hydrogen-bond acceptors (Lipinski definition) is 3. The van der Waals surface area contributed by atoms with E-state index >= 15 is 0 Å². The molecule has 2 aromatic rings. The summed E-state index contributed by atoms with van der Waals surface area (Å²) in [6, 6.07) is 11.0. The molecule has 24 heavy (non-hydrogen) atoms. The summed E-state index contributed by atoms with van der Waals surface area (Å²) in [7, 11) is 0. The first-order valence-electron chi connectivity index (χ1n) is 9.01. The van der Waals surface area contributed by atoms with Crippen molar-refractivity contribution in [2.75, 3.05) is 6.54 Å². The van der Waals surface area contributed by atoms with Crippen molar-refractivity contribution < 1.29 is 4.79 Å². The number of nitriles is 1. The van der Waals surface area contributed by atoms with Crippen LogP contribution >= 0.6 is 0 Å². The molecule has 0 amide bonds. The zero-order chi connectivity index (χ0) is 16.5. The van der Waals surface area contributed by atoms with Crippen LogP contribution in [0, 0.1) is 16.7 Å². The van der Waals surface area contributed by atoms with Gasteiger partial charge in [0.05, 0.1) is 23.7 Å². The van der Waals surface area contributed by atoms with Crippen molar-refractivity contribution in [3.05, 3.63) is 35.5 Å². The summed E-state index contributed by atoms with van der Waals surface area (Å²) >= 11 is 0.